The fourth-order valence-corrected chi connectivity index (χ4v) is 2.57. The first-order valence-electron chi connectivity index (χ1n) is 3.73. The van der Waals surface area contributed by atoms with E-state index < -0.39 is 0 Å². The summed E-state index contributed by atoms with van der Waals surface area (Å²) >= 11 is 7.55. The summed E-state index contributed by atoms with van der Waals surface area (Å²) in [6.45, 7) is 0. The van der Waals surface area contributed by atoms with Crippen LogP contribution in [0, 0.1) is 0 Å². The number of rotatable bonds is 1. The summed E-state index contributed by atoms with van der Waals surface area (Å²) in [7, 11) is 1.64. The number of thiophene rings is 1. The molecule has 0 unspecified atom stereocenters. The Kier molecular flexibility index (Phi) is 2.06. The molecule has 0 fully saturated rings. The minimum absolute atomic E-state index is 0.676. The minimum Gasteiger partial charge on any atom is -0.495 e. The van der Waals surface area contributed by atoms with Gasteiger partial charge in [0.1, 0.15) is 5.75 Å². The van der Waals surface area contributed by atoms with Crippen LogP contribution in [-0.4, -0.2) is 7.11 Å². The summed E-state index contributed by atoms with van der Waals surface area (Å²) in [6.07, 6.45) is 0. The zero-order valence-corrected chi connectivity index (χ0v) is 8.58. The number of methoxy groups -OCH3 is 1. The van der Waals surface area contributed by atoms with Crippen LogP contribution in [0.1, 0.15) is 0 Å². The van der Waals surface area contributed by atoms with Gasteiger partial charge in [-0.15, -0.1) is 11.3 Å². The van der Waals surface area contributed by atoms with Gasteiger partial charge in [-0.25, -0.2) is 0 Å². The molecule has 0 aliphatic carbocycles. The van der Waals surface area contributed by atoms with Gasteiger partial charge in [-0.3, -0.25) is 0 Å². The summed E-state index contributed by atoms with van der Waals surface area (Å²) in [5.74, 6) is 0.820. The van der Waals surface area contributed by atoms with Crippen LogP contribution in [-0.2, 0) is 0 Å². The molecule has 4 heteroatoms. The SMILES string of the molecule is COc1ccc(Cl)c2c(N)csc12. The molecule has 2 rings (SSSR count). The highest BCUT2D eigenvalue weighted by Crippen LogP contribution is 2.39. The van der Waals surface area contributed by atoms with E-state index in [4.69, 9.17) is 22.1 Å². The first-order valence-corrected chi connectivity index (χ1v) is 4.99. The Bertz CT molecular complexity index is 452. The van der Waals surface area contributed by atoms with Gasteiger partial charge in [0.25, 0.3) is 0 Å². The fraction of sp³-hybridized carbons (Fsp3) is 0.111. The smallest absolute Gasteiger partial charge is 0.136 e. The van der Waals surface area contributed by atoms with Crippen molar-refractivity contribution in [2.75, 3.05) is 12.8 Å². The second-order valence-electron chi connectivity index (χ2n) is 2.64. The number of ether oxygens (including phenoxy) is 1. The lowest BCUT2D eigenvalue weighted by Gasteiger charge is -2.02. The van der Waals surface area contributed by atoms with Crippen LogP contribution >= 0.6 is 22.9 Å². The molecule has 1 heterocycles. The predicted octanol–water partition coefficient (Wildman–Crippen LogP) is 3.15. The molecule has 0 radical (unpaired) electrons. The van der Waals surface area contributed by atoms with Crippen LogP contribution in [0.5, 0.6) is 5.75 Å². The Balaban J connectivity index is 2.87. The number of hydrogen-bond acceptors (Lipinski definition) is 3. The third kappa shape index (κ3) is 1.24. The molecule has 1 aromatic heterocycles. The van der Waals surface area contributed by atoms with E-state index in [1.165, 1.54) is 0 Å². The van der Waals surface area contributed by atoms with Gasteiger partial charge in [0.05, 0.1) is 22.5 Å². The molecule has 1 aromatic carbocycles. The van der Waals surface area contributed by atoms with Crippen molar-refractivity contribution in [3.05, 3.63) is 22.5 Å². The summed E-state index contributed by atoms with van der Waals surface area (Å²) in [6, 6.07) is 3.65. The summed E-state index contributed by atoms with van der Waals surface area (Å²) in [5, 5.41) is 3.44. The van der Waals surface area contributed by atoms with Crippen LogP contribution in [0.25, 0.3) is 10.1 Å². The largest absolute Gasteiger partial charge is 0.495 e. The summed E-state index contributed by atoms with van der Waals surface area (Å²) < 4.78 is 6.20. The van der Waals surface area contributed by atoms with E-state index >= 15 is 0 Å². The molecule has 68 valence electrons. The lowest BCUT2D eigenvalue weighted by atomic mass is 10.2. The fourth-order valence-electron chi connectivity index (χ4n) is 1.27. The normalized spacial score (nSPS) is 10.6. The van der Waals surface area contributed by atoms with Crippen LogP contribution in [0.15, 0.2) is 17.5 Å². The Morgan fingerprint density at radius 2 is 2.23 bits per heavy atom. The maximum Gasteiger partial charge on any atom is 0.136 e. The van der Waals surface area contributed by atoms with Gasteiger partial charge >= 0.3 is 0 Å². The second-order valence-corrected chi connectivity index (χ2v) is 3.93. The van der Waals surface area contributed by atoms with Crippen LogP contribution in [0.4, 0.5) is 5.69 Å². The van der Waals surface area contributed by atoms with Gasteiger partial charge in [-0.1, -0.05) is 11.6 Å². The van der Waals surface area contributed by atoms with Crippen molar-refractivity contribution in [1.29, 1.82) is 0 Å². The Morgan fingerprint density at radius 3 is 2.92 bits per heavy atom. The number of halogens is 1. The van der Waals surface area contributed by atoms with E-state index in [9.17, 15) is 0 Å². The zero-order valence-electron chi connectivity index (χ0n) is 7.00. The van der Waals surface area contributed by atoms with E-state index in [0.717, 1.165) is 15.8 Å². The standard InChI is InChI=1S/C9H8ClNOS/c1-12-7-3-2-5(10)8-6(11)4-13-9(7)8/h2-4H,11H2,1H3. The lowest BCUT2D eigenvalue weighted by Crippen LogP contribution is -1.85. The van der Waals surface area contributed by atoms with E-state index in [2.05, 4.69) is 0 Å². The number of nitrogen functional groups attached to an aromatic ring is 1. The summed E-state index contributed by atoms with van der Waals surface area (Å²) in [5.41, 5.74) is 6.48. The molecule has 0 atom stereocenters. The van der Waals surface area contributed by atoms with Gasteiger partial charge in [-0.05, 0) is 12.1 Å². The molecule has 0 saturated carbocycles. The highest BCUT2D eigenvalue weighted by atomic mass is 35.5. The van der Waals surface area contributed by atoms with Crippen molar-refractivity contribution in [3.63, 3.8) is 0 Å². The van der Waals surface area contributed by atoms with E-state index in [0.29, 0.717) is 10.7 Å². The molecule has 0 saturated heterocycles. The Hall–Kier alpha value is -0.930. The van der Waals surface area contributed by atoms with Gasteiger partial charge < -0.3 is 10.5 Å². The molecule has 0 amide bonds. The maximum atomic E-state index is 6.00. The van der Waals surface area contributed by atoms with Crippen LogP contribution in [0.3, 0.4) is 0 Å². The van der Waals surface area contributed by atoms with Crippen LogP contribution < -0.4 is 10.5 Å². The van der Waals surface area contributed by atoms with Crippen molar-refractivity contribution in [2.45, 2.75) is 0 Å². The number of benzene rings is 1. The molecule has 2 aromatic rings. The molecule has 2 N–H and O–H groups in total. The van der Waals surface area contributed by atoms with Crippen LogP contribution in [0.2, 0.25) is 5.02 Å². The van der Waals surface area contributed by atoms with E-state index in [-0.39, 0.29) is 0 Å². The minimum atomic E-state index is 0.676. The second kappa shape index (κ2) is 3.09. The molecular formula is C9H8ClNOS. The Morgan fingerprint density at radius 1 is 1.46 bits per heavy atom. The van der Waals surface area contributed by atoms with Crippen molar-refractivity contribution in [1.82, 2.24) is 0 Å². The third-order valence-corrected chi connectivity index (χ3v) is 3.21. The maximum absolute atomic E-state index is 6.00. The highest BCUT2D eigenvalue weighted by Gasteiger charge is 2.09. The molecule has 13 heavy (non-hydrogen) atoms. The third-order valence-electron chi connectivity index (χ3n) is 1.88. The van der Waals surface area contributed by atoms with Gasteiger partial charge in [-0.2, -0.15) is 0 Å². The first-order chi connectivity index (χ1) is 6.24. The molecule has 2 nitrogen and oxygen atoms in total. The van der Waals surface area contributed by atoms with Crippen molar-refractivity contribution in [3.8, 4) is 5.75 Å². The van der Waals surface area contributed by atoms with Gasteiger partial charge in [0.15, 0.2) is 0 Å². The van der Waals surface area contributed by atoms with Gasteiger partial charge in [0.2, 0.25) is 0 Å². The number of hydrogen-bond donors (Lipinski definition) is 1. The van der Waals surface area contributed by atoms with Crippen molar-refractivity contribution < 1.29 is 4.74 Å². The molecule has 0 bridgehead atoms. The lowest BCUT2D eigenvalue weighted by molar-refractivity contribution is 0.420. The van der Waals surface area contributed by atoms with E-state index in [1.54, 1.807) is 24.5 Å². The molecular weight excluding hydrogens is 206 g/mol. The average Bonchev–Trinajstić information content (AvgIpc) is 2.50. The topological polar surface area (TPSA) is 35.2 Å². The molecule has 0 spiro atoms. The number of anilines is 1. The summed E-state index contributed by atoms with van der Waals surface area (Å²) in [4.78, 5) is 0. The average molecular weight is 214 g/mol. The quantitative estimate of drug-likeness (QED) is 0.790. The Labute approximate surface area is 84.9 Å². The molecule has 0 aliphatic rings. The van der Waals surface area contributed by atoms with Crippen molar-refractivity contribution >= 4 is 38.7 Å². The number of fused-ring (bicyclic) bond motifs is 1. The predicted molar refractivity (Wildman–Crippen MR) is 57.8 cm³/mol. The van der Waals surface area contributed by atoms with Crippen molar-refractivity contribution in [2.24, 2.45) is 0 Å². The highest BCUT2D eigenvalue weighted by molar-refractivity contribution is 7.18. The monoisotopic (exact) mass is 213 g/mol. The molecule has 0 aliphatic heterocycles. The van der Waals surface area contributed by atoms with E-state index in [1.807, 2.05) is 11.4 Å². The first kappa shape index (κ1) is 8.66. The van der Waals surface area contributed by atoms with Gasteiger partial charge in [0, 0.05) is 10.8 Å². The number of nitrogens with two attached hydrogens (primary N) is 1. The zero-order chi connectivity index (χ0) is 9.42.